The van der Waals surface area contributed by atoms with Crippen molar-refractivity contribution in [2.45, 2.75) is 12.7 Å². The van der Waals surface area contributed by atoms with Crippen molar-refractivity contribution in [3.63, 3.8) is 0 Å². The average Bonchev–Trinajstić information content (AvgIpc) is 2.44. The Labute approximate surface area is 79.7 Å². The number of rotatable bonds is 4. The molecule has 0 N–H and O–H groups in total. The maximum atomic E-state index is 11.6. The largest absolute Gasteiger partial charge is 0.411 e. The highest BCUT2D eigenvalue weighted by Gasteiger charge is 2.27. The zero-order valence-electron chi connectivity index (χ0n) is 7.79. The number of aryl methyl sites for hydroxylation is 1. The predicted molar refractivity (Wildman–Crippen MR) is 42.5 cm³/mol. The van der Waals surface area contributed by atoms with Crippen LogP contribution in [-0.2, 0) is 18.3 Å². The lowest BCUT2D eigenvalue weighted by Crippen LogP contribution is -2.24. The quantitative estimate of drug-likeness (QED) is 0.532. The van der Waals surface area contributed by atoms with Gasteiger partial charge in [0.1, 0.15) is 25.5 Å². The zero-order valence-corrected chi connectivity index (χ0v) is 7.79. The minimum absolute atomic E-state index is 0.0637. The summed E-state index contributed by atoms with van der Waals surface area (Å²) in [5.74, 6) is 0. The standard InChI is InChI=1S/C8H12F3N2O/c1-12-2-3-13(7-12)4-5-14-6-8(9,10)11/h2-3,7H,4-6H2,1H3/q+1. The Bertz CT molecular complexity index is 282. The molecule has 14 heavy (non-hydrogen) atoms. The lowest BCUT2D eigenvalue weighted by Gasteiger charge is -2.05. The minimum Gasteiger partial charge on any atom is -0.368 e. The highest BCUT2D eigenvalue weighted by atomic mass is 19.4. The van der Waals surface area contributed by atoms with Gasteiger partial charge in [-0.05, 0) is 0 Å². The van der Waals surface area contributed by atoms with Crippen LogP contribution in [0.5, 0.6) is 0 Å². The summed E-state index contributed by atoms with van der Waals surface area (Å²) in [6, 6.07) is 0. The van der Waals surface area contributed by atoms with Crippen LogP contribution in [0.2, 0.25) is 0 Å². The molecule has 1 aromatic rings. The van der Waals surface area contributed by atoms with E-state index in [1.807, 2.05) is 17.8 Å². The van der Waals surface area contributed by atoms with Gasteiger partial charge in [0.05, 0.1) is 13.7 Å². The second-order valence-electron chi connectivity index (χ2n) is 2.98. The Balaban J connectivity index is 2.16. The molecule has 0 unspecified atom stereocenters. The Kier molecular flexibility index (Phi) is 3.51. The van der Waals surface area contributed by atoms with Gasteiger partial charge >= 0.3 is 6.18 Å². The maximum absolute atomic E-state index is 11.6. The number of halogens is 3. The van der Waals surface area contributed by atoms with Gasteiger partial charge in [-0.2, -0.15) is 13.2 Å². The third kappa shape index (κ3) is 4.27. The molecule has 0 aliphatic heterocycles. The van der Waals surface area contributed by atoms with Crippen LogP contribution in [0.25, 0.3) is 0 Å². The van der Waals surface area contributed by atoms with Gasteiger partial charge in [-0.1, -0.05) is 0 Å². The molecule has 0 aliphatic rings. The Morgan fingerprint density at radius 3 is 2.64 bits per heavy atom. The van der Waals surface area contributed by atoms with Gasteiger partial charge in [0.25, 0.3) is 0 Å². The Morgan fingerprint density at radius 1 is 1.43 bits per heavy atom. The van der Waals surface area contributed by atoms with Crippen molar-refractivity contribution >= 4 is 0 Å². The number of imidazole rings is 1. The molecule has 1 aromatic heterocycles. The smallest absolute Gasteiger partial charge is 0.368 e. The SMILES string of the molecule is C[n+]1ccn(CCOCC(F)(F)F)c1. The molecule has 0 aliphatic carbocycles. The van der Waals surface area contributed by atoms with Crippen molar-refractivity contribution in [3.05, 3.63) is 18.7 Å². The van der Waals surface area contributed by atoms with Crippen molar-refractivity contribution in [2.75, 3.05) is 13.2 Å². The van der Waals surface area contributed by atoms with Gasteiger partial charge < -0.3 is 4.74 Å². The molecule has 0 spiro atoms. The number of alkyl halides is 3. The summed E-state index contributed by atoms with van der Waals surface area (Å²) in [6.45, 7) is -0.689. The molecule has 0 saturated carbocycles. The Morgan fingerprint density at radius 2 is 2.14 bits per heavy atom. The third-order valence-electron chi connectivity index (χ3n) is 1.58. The van der Waals surface area contributed by atoms with E-state index in [4.69, 9.17) is 0 Å². The van der Waals surface area contributed by atoms with E-state index in [1.54, 1.807) is 17.1 Å². The summed E-state index contributed by atoms with van der Waals surface area (Å²) in [6.07, 6.45) is 1.12. The fourth-order valence-electron chi connectivity index (χ4n) is 0.992. The van der Waals surface area contributed by atoms with E-state index in [0.717, 1.165) is 0 Å². The summed E-state index contributed by atoms with van der Waals surface area (Å²) >= 11 is 0. The molecular weight excluding hydrogens is 197 g/mol. The molecule has 1 heterocycles. The summed E-state index contributed by atoms with van der Waals surface area (Å²) in [7, 11) is 1.84. The molecule has 0 saturated heterocycles. The fourth-order valence-corrected chi connectivity index (χ4v) is 0.992. The lowest BCUT2D eigenvalue weighted by atomic mass is 10.6. The van der Waals surface area contributed by atoms with Gasteiger partial charge in [0.15, 0.2) is 0 Å². The first-order chi connectivity index (χ1) is 6.47. The lowest BCUT2D eigenvalue weighted by molar-refractivity contribution is -0.671. The molecule has 80 valence electrons. The summed E-state index contributed by atoms with van der Waals surface area (Å²) in [5.41, 5.74) is 0. The first-order valence-corrected chi connectivity index (χ1v) is 4.13. The molecule has 0 atom stereocenters. The van der Waals surface area contributed by atoms with E-state index in [9.17, 15) is 13.2 Å². The van der Waals surface area contributed by atoms with Crippen LogP contribution >= 0.6 is 0 Å². The van der Waals surface area contributed by atoms with Crippen LogP contribution in [0.3, 0.4) is 0 Å². The van der Waals surface area contributed by atoms with E-state index < -0.39 is 12.8 Å². The number of nitrogens with zero attached hydrogens (tertiary/aromatic N) is 2. The Hall–Kier alpha value is -1.04. The van der Waals surface area contributed by atoms with Crippen molar-refractivity contribution in [3.8, 4) is 0 Å². The van der Waals surface area contributed by atoms with Crippen molar-refractivity contribution in [1.82, 2.24) is 4.57 Å². The van der Waals surface area contributed by atoms with E-state index in [1.165, 1.54) is 0 Å². The van der Waals surface area contributed by atoms with Gasteiger partial charge in [-0.3, -0.25) is 0 Å². The summed E-state index contributed by atoms with van der Waals surface area (Å²) in [4.78, 5) is 0. The number of ether oxygens (including phenoxy) is 1. The van der Waals surface area contributed by atoms with Gasteiger partial charge in [0, 0.05) is 0 Å². The van der Waals surface area contributed by atoms with Crippen molar-refractivity contribution < 1.29 is 22.5 Å². The highest BCUT2D eigenvalue weighted by Crippen LogP contribution is 2.14. The normalized spacial score (nSPS) is 12.0. The fraction of sp³-hybridized carbons (Fsp3) is 0.625. The topological polar surface area (TPSA) is 18.0 Å². The monoisotopic (exact) mass is 209 g/mol. The third-order valence-corrected chi connectivity index (χ3v) is 1.58. The van der Waals surface area contributed by atoms with E-state index in [-0.39, 0.29) is 6.61 Å². The first kappa shape index (κ1) is 11.0. The number of hydrogen-bond acceptors (Lipinski definition) is 1. The van der Waals surface area contributed by atoms with Crippen LogP contribution in [0, 0.1) is 0 Å². The van der Waals surface area contributed by atoms with Crippen molar-refractivity contribution in [1.29, 1.82) is 0 Å². The number of aromatic nitrogens is 2. The molecule has 3 nitrogen and oxygen atoms in total. The summed E-state index contributed by atoms with van der Waals surface area (Å²) < 4.78 is 43.0. The van der Waals surface area contributed by atoms with Crippen LogP contribution in [0.1, 0.15) is 0 Å². The number of hydrogen-bond donors (Lipinski definition) is 0. The molecule has 0 amide bonds. The van der Waals surface area contributed by atoms with E-state index in [2.05, 4.69) is 4.74 Å². The molecule has 0 bridgehead atoms. The van der Waals surface area contributed by atoms with E-state index in [0.29, 0.717) is 6.54 Å². The van der Waals surface area contributed by atoms with Gasteiger partial charge in [0.2, 0.25) is 6.33 Å². The minimum atomic E-state index is -4.23. The molecule has 0 radical (unpaired) electrons. The van der Waals surface area contributed by atoms with Gasteiger partial charge in [-0.15, -0.1) is 0 Å². The molecule has 1 rings (SSSR count). The summed E-state index contributed by atoms with van der Waals surface area (Å²) in [5, 5.41) is 0. The first-order valence-electron chi connectivity index (χ1n) is 4.13. The molecule has 6 heteroatoms. The maximum Gasteiger partial charge on any atom is 0.411 e. The van der Waals surface area contributed by atoms with Crippen molar-refractivity contribution in [2.24, 2.45) is 7.05 Å². The van der Waals surface area contributed by atoms with Crippen LogP contribution in [0.4, 0.5) is 13.2 Å². The van der Waals surface area contributed by atoms with Crippen LogP contribution < -0.4 is 4.57 Å². The predicted octanol–water partition coefficient (Wildman–Crippen LogP) is 0.891. The average molecular weight is 209 g/mol. The van der Waals surface area contributed by atoms with Gasteiger partial charge in [-0.25, -0.2) is 9.13 Å². The second-order valence-corrected chi connectivity index (χ2v) is 2.98. The van der Waals surface area contributed by atoms with Crippen LogP contribution in [-0.4, -0.2) is 24.0 Å². The molecule has 0 fully saturated rings. The van der Waals surface area contributed by atoms with E-state index >= 15 is 0 Å². The highest BCUT2D eigenvalue weighted by molar-refractivity contribution is 4.65. The van der Waals surface area contributed by atoms with Crippen LogP contribution in [0.15, 0.2) is 18.7 Å². The zero-order chi connectivity index (χ0) is 10.6. The molecule has 0 aromatic carbocycles. The second kappa shape index (κ2) is 4.45. The molecular formula is C8H12F3N2O+.